The number of carbonyl (C=O) groups is 2. The van der Waals surface area contributed by atoms with Crippen LogP contribution < -0.4 is 16.4 Å². The standard InChI is InChI=1S/C18H19N7O2/c1-25-17(22-23-24-25)13-8-5-9-14(10-13)20-16(26)11-15(21-18(19)27)12-6-3-2-4-7-12/h2-10,15H,11H2,1H3,(H,20,26)(H3,19,21,27)/t15-/m1/s1. The summed E-state index contributed by atoms with van der Waals surface area (Å²) in [5.41, 5.74) is 7.42. The fourth-order valence-corrected chi connectivity index (χ4v) is 2.72. The number of benzene rings is 2. The minimum atomic E-state index is -0.687. The average molecular weight is 365 g/mol. The number of urea groups is 1. The third-order valence-corrected chi connectivity index (χ3v) is 3.93. The molecule has 0 radical (unpaired) electrons. The number of nitrogens with zero attached hydrogens (tertiary/aromatic N) is 4. The van der Waals surface area contributed by atoms with Gasteiger partial charge < -0.3 is 16.4 Å². The average Bonchev–Trinajstić information content (AvgIpc) is 3.08. The topological polar surface area (TPSA) is 128 Å². The number of nitrogens with one attached hydrogen (secondary N) is 2. The normalized spacial score (nSPS) is 11.6. The third kappa shape index (κ3) is 4.66. The number of aromatic nitrogens is 4. The van der Waals surface area contributed by atoms with Crippen LogP contribution in [0.4, 0.5) is 10.5 Å². The molecule has 3 aromatic rings. The number of anilines is 1. The van der Waals surface area contributed by atoms with Crippen LogP contribution in [0.5, 0.6) is 0 Å². The summed E-state index contributed by atoms with van der Waals surface area (Å²) in [5, 5.41) is 16.8. The van der Waals surface area contributed by atoms with Gasteiger partial charge >= 0.3 is 6.03 Å². The Balaban J connectivity index is 1.72. The summed E-state index contributed by atoms with van der Waals surface area (Å²) in [6.45, 7) is 0. The molecule has 0 saturated heterocycles. The number of hydrogen-bond acceptors (Lipinski definition) is 5. The van der Waals surface area contributed by atoms with Crippen molar-refractivity contribution in [3.05, 3.63) is 60.2 Å². The van der Waals surface area contributed by atoms with Crippen molar-refractivity contribution in [1.82, 2.24) is 25.5 Å². The van der Waals surface area contributed by atoms with Gasteiger partial charge in [0.05, 0.1) is 12.5 Å². The minimum absolute atomic E-state index is 0.0443. The van der Waals surface area contributed by atoms with Crippen LogP contribution in [-0.4, -0.2) is 32.1 Å². The van der Waals surface area contributed by atoms with E-state index < -0.39 is 12.1 Å². The first-order valence-corrected chi connectivity index (χ1v) is 8.26. The van der Waals surface area contributed by atoms with Crippen molar-refractivity contribution >= 4 is 17.6 Å². The summed E-state index contributed by atoms with van der Waals surface area (Å²) < 4.78 is 1.54. The van der Waals surface area contributed by atoms with E-state index in [0.717, 1.165) is 11.1 Å². The lowest BCUT2D eigenvalue weighted by Gasteiger charge is -2.18. The fraction of sp³-hybridized carbons (Fsp3) is 0.167. The molecular weight excluding hydrogens is 346 g/mol. The molecule has 0 aliphatic carbocycles. The number of tetrazole rings is 1. The van der Waals surface area contributed by atoms with Crippen molar-refractivity contribution in [2.45, 2.75) is 12.5 Å². The van der Waals surface area contributed by atoms with Gasteiger partial charge in [-0.15, -0.1) is 5.10 Å². The highest BCUT2D eigenvalue weighted by atomic mass is 16.2. The molecule has 9 heteroatoms. The largest absolute Gasteiger partial charge is 0.352 e. The maximum Gasteiger partial charge on any atom is 0.312 e. The predicted octanol–water partition coefficient (Wildman–Crippen LogP) is 1.62. The molecule has 0 aliphatic rings. The molecule has 0 spiro atoms. The van der Waals surface area contributed by atoms with Crippen LogP contribution in [-0.2, 0) is 11.8 Å². The highest BCUT2D eigenvalue weighted by Crippen LogP contribution is 2.21. The van der Waals surface area contributed by atoms with Gasteiger partial charge in [-0.05, 0) is 28.1 Å². The zero-order chi connectivity index (χ0) is 19.2. The van der Waals surface area contributed by atoms with Crippen LogP contribution in [0.25, 0.3) is 11.4 Å². The van der Waals surface area contributed by atoms with E-state index in [1.54, 1.807) is 29.9 Å². The summed E-state index contributed by atoms with van der Waals surface area (Å²) in [6.07, 6.45) is 0.0443. The Hall–Kier alpha value is -3.75. The summed E-state index contributed by atoms with van der Waals surface area (Å²) in [4.78, 5) is 23.8. The Bertz CT molecular complexity index is 940. The van der Waals surface area contributed by atoms with E-state index in [-0.39, 0.29) is 12.3 Å². The molecule has 1 aromatic heterocycles. The van der Waals surface area contributed by atoms with Crippen LogP contribution in [0, 0.1) is 0 Å². The van der Waals surface area contributed by atoms with Crippen molar-refractivity contribution < 1.29 is 9.59 Å². The first kappa shape index (κ1) is 18.1. The van der Waals surface area contributed by atoms with Gasteiger partial charge in [-0.3, -0.25) is 4.79 Å². The number of hydrogen-bond donors (Lipinski definition) is 3. The van der Waals surface area contributed by atoms with Gasteiger partial charge in [-0.1, -0.05) is 42.5 Å². The molecule has 2 aromatic carbocycles. The van der Waals surface area contributed by atoms with Gasteiger partial charge in [0.2, 0.25) is 5.91 Å². The number of nitrogens with two attached hydrogens (primary N) is 1. The number of rotatable bonds is 6. The van der Waals surface area contributed by atoms with E-state index in [1.807, 2.05) is 36.4 Å². The Morgan fingerprint density at radius 2 is 1.93 bits per heavy atom. The van der Waals surface area contributed by atoms with E-state index in [4.69, 9.17) is 5.73 Å². The lowest BCUT2D eigenvalue weighted by Crippen LogP contribution is -2.35. The van der Waals surface area contributed by atoms with E-state index in [9.17, 15) is 9.59 Å². The van der Waals surface area contributed by atoms with Gasteiger partial charge in [-0.2, -0.15) is 0 Å². The van der Waals surface area contributed by atoms with E-state index >= 15 is 0 Å². The van der Waals surface area contributed by atoms with E-state index in [2.05, 4.69) is 26.2 Å². The van der Waals surface area contributed by atoms with E-state index in [1.165, 1.54) is 0 Å². The van der Waals surface area contributed by atoms with Crippen molar-refractivity contribution in [2.24, 2.45) is 12.8 Å². The molecule has 138 valence electrons. The smallest absolute Gasteiger partial charge is 0.312 e. The number of aryl methyl sites for hydroxylation is 1. The predicted molar refractivity (Wildman–Crippen MR) is 99.4 cm³/mol. The molecule has 0 unspecified atom stereocenters. The van der Waals surface area contributed by atoms with Gasteiger partial charge in [0, 0.05) is 18.3 Å². The molecule has 3 rings (SSSR count). The number of carbonyl (C=O) groups excluding carboxylic acids is 2. The van der Waals surface area contributed by atoms with Crippen molar-refractivity contribution in [2.75, 3.05) is 5.32 Å². The zero-order valence-corrected chi connectivity index (χ0v) is 14.7. The molecule has 0 bridgehead atoms. The van der Waals surface area contributed by atoms with Crippen molar-refractivity contribution in [1.29, 1.82) is 0 Å². The molecule has 27 heavy (non-hydrogen) atoms. The quantitative estimate of drug-likeness (QED) is 0.611. The molecule has 1 heterocycles. The van der Waals surface area contributed by atoms with Crippen LogP contribution in [0.15, 0.2) is 54.6 Å². The monoisotopic (exact) mass is 365 g/mol. The molecule has 0 fully saturated rings. The van der Waals surface area contributed by atoms with Crippen molar-refractivity contribution in [3.63, 3.8) is 0 Å². The maximum absolute atomic E-state index is 12.5. The molecule has 3 amide bonds. The zero-order valence-electron chi connectivity index (χ0n) is 14.7. The Morgan fingerprint density at radius 3 is 2.59 bits per heavy atom. The lowest BCUT2D eigenvalue weighted by atomic mass is 10.0. The van der Waals surface area contributed by atoms with Crippen LogP contribution >= 0.6 is 0 Å². The summed E-state index contributed by atoms with van der Waals surface area (Å²) in [6, 6.07) is 15.2. The minimum Gasteiger partial charge on any atom is -0.352 e. The number of primary amides is 1. The second kappa shape index (κ2) is 8.09. The van der Waals surface area contributed by atoms with E-state index in [0.29, 0.717) is 11.5 Å². The van der Waals surface area contributed by atoms with Gasteiger partial charge in [0.25, 0.3) is 0 Å². The Labute approximate surface area is 155 Å². The molecule has 1 atom stereocenters. The molecule has 4 N–H and O–H groups in total. The second-order valence-electron chi connectivity index (χ2n) is 5.93. The Kier molecular flexibility index (Phi) is 5.41. The molecule has 0 aliphatic heterocycles. The van der Waals surface area contributed by atoms with Crippen LogP contribution in [0.3, 0.4) is 0 Å². The lowest BCUT2D eigenvalue weighted by molar-refractivity contribution is -0.116. The van der Waals surface area contributed by atoms with Gasteiger partial charge in [0.1, 0.15) is 0 Å². The first-order valence-electron chi connectivity index (χ1n) is 8.26. The van der Waals surface area contributed by atoms with Gasteiger partial charge in [0.15, 0.2) is 5.82 Å². The maximum atomic E-state index is 12.5. The van der Waals surface area contributed by atoms with Crippen LogP contribution in [0.2, 0.25) is 0 Å². The summed E-state index contributed by atoms with van der Waals surface area (Å²) in [5.74, 6) is 0.328. The first-order chi connectivity index (χ1) is 13.0. The summed E-state index contributed by atoms with van der Waals surface area (Å²) in [7, 11) is 1.74. The molecule has 9 nitrogen and oxygen atoms in total. The highest BCUT2D eigenvalue weighted by Gasteiger charge is 2.17. The molecule has 0 saturated carbocycles. The van der Waals surface area contributed by atoms with Gasteiger partial charge in [-0.25, -0.2) is 9.48 Å². The SMILES string of the molecule is Cn1nnnc1-c1cccc(NC(=O)C[C@@H](NC(N)=O)c2ccccc2)c1. The number of amides is 3. The summed E-state index contributed by atoms with van der Waals surface area (Å²) >= 11 is 0. The molecular formula is C18H19N7O2. The van der Waals surface area contributed by atoms with Crippen molar-refractivity contribution in [3.8, 4) is 11.4 Å². The van der Waals surface area contributed by atoms with Crippen LogP contribution in [0.1, 0.15) is 18.0 Å². The Morgan fingerprint density at radius 1 is 1.15 bits per heavy atom. The third-order valence-electron chi connectivity index (χ3n) is 3.93. The second-order valence-corrected chi connectivity index (χ2v) is 5.93. The fourth-order valence-electron chi connectivity index (χ4n) is 2.72. The highest BCUT2D eigenvalue weighted by molar-refractivity contribution is 5.92.